The number of carbonyl (C=O) groups excluding carboxylic acids is 1. The highest BCUT2D eigenvalue weighted by molar-refractivity contribution is 5.80. The Labute approximate surface area is 167 Å². The molecule has 156 valence electrons. The number of alkyl carbamates (subject to hydrolysis) is 1. The van der Waals surface area contributed by atoms with Crippen molar-refractivity contribution in [2.75, 3.05) is 58.3 Å². The van der Waals surface area contributed by atoms with E-state index in [2.05, 4.69) is 37.6 Å². The van der Waals surface area contributed by atoms with Gasteiger partial charge >= 0.3 is 6.09 Å². The predicted octanol–water partition coefficient (Wildman–Crippen LogP) is 1.92. The number of rotatable bonds is 5. The molecule has 0 atom stereocenters. The average Bonchev–Trinajstić information content (AvgIpc) is 2.67. The van der Waals surface area contributed by atoms with Crippen molar-refractivity contribution in [2.45, 2.75) is 26.4 Å². The fourth-order valence-electron chi connectivity index (χ4n) is 2.95. The lowest BCUT2D eigenvalue weighted by atomic mass is 10.2. The maximum absolute atomic E-state index is 11.7. The molecule has 1 heterocycles. The molecule has 0 bridgehead atoms. The number of ether oxygens (including phenoxy) is 2. The largest absolute Gasteiger partial charge is 0.497 e. The van der Waals surface area contributed by atoms with Crippen LogP contribution in [0.25, 0.3) is 0 Å². The third kappa shape index (κ3) is 6.83. The first-order valence-corrected chi connectivity index (χ1v) is 9.64. The molecule has 0 aromatic heterocycles. The van der Waals surface area contributed by atoms with Gasteiger partial charge in [0.25, 0.3) is 0 Å². The maximum atomic E-state index is 11.7. The molecule has 0 unspecified atom stereocenters. The highest BCUT2D eigenvalue weighted by Crippen LogP contribution is 2.20. The quantitative estimate of drug-likeness (QED) is 0.454. The van der Waals surface area contributed by atoms with Crippen LogP contribution in [0.2, 0.25) is 0 Å². The Balaban J connectivity index is 1.73. The van der Waals surface area contributed by atoms with Crippen LogP contribution < -0.4 is 20.3 Å². The van der Waals surface area contributed by atoms with E-state index >= 15 is 0 Å². The Morgan fingerprint density at radius 2 is 1.68 bits per heavy atom. The van der Waals surface area contributed by atoms with Gasteiger partial charge < -0.3 is 29.9 Å². The van der Waals surface area contributed by atoms with Crippen LogP contribution in [-0.4, -0.2) is 76.0 Å². The average molecular weight is 392 g/mol. The molecule has 1 aromatic rings. The summed E-state index contributed by atoms with van der Waals surface area (Å²) in [5, 5.41) is 6.04. The van der Waals surface area contributed by atoms with Crippen molar-refractivity contribution in [3.63, 3.8) is 0 Å². The van der Waals surface area contributed by atoms with Gasteiger partial charge in [0.05, 0.1) is 7.11 Å². The molecular formula is C20H33N5O3. The second-order valence-corrected chi connectivity index (χ2v) is 7.57. The predicted molar refractivity (Wildman–Crippen MR) is 112 cm³/mol. The molecule has 1 aliphatic heterocycles. The van der Waals surface area contributed by atoms with Gasteiger partial charge in [-0.15, -0.1) is 0 Å². The van der Waals surface area contributed by atoms with Gasteiger partial charge in [0.1, 0.15) is 11.4 Å². The van der Waals surface area contributed by atoms with Crippen molar-refractivity contribution >= 4 is 17.7 Å². The Hall–Kier alpha value is -2.64. The molecule has 1 fully saturated rings. The van der Waals surface area contributed by atoms with Crippen LogP contribution in [0.3, 0.4) is 0 Å². The summed E-state index contributed by atoms with van der Waals surface area (Å²) in [7, 11) is 3.45. The summed E-state index contributed by atoms with van der Waals surface area (Å²) >= 11 is 0. The lowest BCUT2D eigenvalue weighted by Gasteiger charge is -2.37. The van der Waals surface area contributed by atoms with Crippen molar-refractivity contribution in [1.29, 1.82) is 0 Å². The third-order valence-corrected chi connectivity index (χ3v) is 4.30. The van der Waals surface area contributed by atoms with E-state index in [1.807, 2.05) is 32.9 Å². The van der Waals surface area contributed by atoms with Gasteiger partial charge in [0.15, 0.2) is 5.96 Å². The molecule has 0 saturated carbocycles. The zero-order valence-corrected chi connectivity index (χ0v) is 17.6. The van der Waals surface area contributed by atoms with Gasteiger partial charge in [-0.05, 0) is 45.0 Å². The van der Waals surface area contributed by atoms with Crippen LogP contribution in [0.5, 0.6) is 5.75 Å². The van der Waals surface area contributed by atoms with Crippen molar-refractivity contribution < 1.29 is 14.3 Å². The minimum Gasteiger partial charge on any atom is -0.497 e. The Morgan fingerprint density at radius 3 is 2.21 bits per heavy atom. The fourth-order valence-corrected chi connectivity index (χ4v) is 2.95. The van der Waals surface area contributed by atoms with Crippen molar-refractivity contribution in [2.24, 2.45) is 4.99 Å². The number of nitrogens with one attached hydrogen (secondary N) is 2. The first-order valence-electron chi connectivity index (χ1n) is 9.64. The monoisotopic (exact) mass is 391 g/mol. The number of carbonyl (C=O) groups is 1. The summed E-state index contributed by atoms with van der Waals surface area (Å²) in [4.78, 5) is 20.6. The van der Waals surface area contributed by atoms with E-state index in [9.17, 15) is 4.79 Å². The minimum atomic E-state index is -0.489. The lowest BCUT2D eigenvalue weighted by molar-refractivity contribution is 0.0529. The lowest BCUT2D eigenvalue weighted by Crippen LogP contribution is -2.53. The van der Waals surface area contributed by atoms with Crippen molar-refractivity contribution in [3.8, 4) is 5.75 Å². The Bertz CT molecular complexity index is 647. The first kappa shape index (κ1) is 21.7. The maximum Gasteiger partial charge on any atom is 0.407 e. The van der Waals surface area contributed by atoms with Crippen LogP contribution in [0.1, 0.15) is 20.8 Å². The zero-order valence-electron chi connectivity index (χ0n) is 17.6. The summed E-state index contributed by atoms with van der Waals surface area (Å²) in [5.74, 6) is 1.72. The van der Waals surface area contributed by atoms with Crippen LogP contribution >= 0.6 is 0 Å². The zero-order chi connectivity index (χ0) is 20.6. The van der Waals surface area contributed by atoms with Gasteiger partial charge in [-0.3, -0.25) is 4.99 Å². The Kier molecular flexibility index (Phi) is 7.78. The van der Waals surface area contributed by atoms with Crippen molar-refractivity contribution in [3.05, 3.63) is 24.3 Å². The van der Waals surface area contributed by atoms with E-state index in [-0.39, 0.29) is 0 Å². The smallest absolute Gasteiger partial charge is 0.407 e. The van der Waals surface area contributed by atoms with E-state index in [0.29, 0.717) is 13.1 Å². The van der Waals surface area contributed by atoms with E-state index in [0.717, 1.165) is 37.9 Å². The molecule has 8 heteroatoms. The molecule has 2 N–H and O–H groups in total. The van der Waals surface area contributed by atoms with Crippen molar-refractivity contribution in [1.82, 2.24) is 15.5 Å². The summed E-state index contributed by atoms with van der Waals surface area (Å²) in [5.41, 5.74) is 0.710. The van der Waals surface area contributed by atoms with Crippen LogP contribution in [0.15, 0.2) is 29.3 Å². The molecule has 1 saturated heterocycles. The SMILES string of the molecule is CN=C(NCCNC(=O)OC(C)(C)C)N1CCN(c2ccc(OC)cc2)CC1. The summed E-state index contributed by atoms with van der Waals surface area (Å²) < 4.78 is 10.4. The fraction of sp³-hybridized carbons (Fsp3) is 0.600. The molecule has 1 aliphatic rings. The molecule has 28 heavy (non-hydrogen) atoms. The van der Waals surface area contributed by atoms with E-state index in [4.69, 9.17) is 9.47 Å². The van der Waals surface area contributed by atoms with Gasteiger partial charge in [-0.1, -0.05) is 0 Å². The molecule has 8 nitrogen and oxygen atoms in total. The van der Waals surface area contributed by atoms with E-state index < -0.39 is 11.7 Å². The summed E-state index contributed by atoms with van der Waals surface area (Å²) in [6.07, 6.45) is -0.405. The summed E-state index contributed by atoms with van der Waals surface area (Å²) in [6.45, 7) is 10.2. The third-order valence-electron chi connectivity index (χ3n) is 4.30. The second-order valence-electron chi connectivity index (χ2n) is 7.57. The number of piperazine rings is 1. The normalized spacial score (nSPS) is 15.2. The van der Waals surface area contributed by atoms with Crippen LogP contribution in [-0.2, 0) is 4.74 Å². The number of hydrogen-bond acceptors (Lipinski definition) is 5. The molecule has 0 aliphatic carbocycles. The topological polar surface area (TPSA) is 78.4 Å². The number of nitrogens with zero attached hydrogens (tertiary/aromatic N) is 3. The van der Waals surface area contributed by atoms with Gasteiger partial charge in [-0.25, -0.2) is 4.79 Å². The number of hydrogen-bond donors (Lipinski definition) is 2. The number of benzene rings is 1. The molecule has 0 spiro atoms. The number of aliphatic imine (C=N–C) groups is 1. The molecular weight excluding hydrogens is 358 g/mol. The minimum absolute atomic E-state index is 0.405. The number of anilines is 1. The summed E-state index contributed by atoms with van der Waals surface area (Å²) in [6, 6.07) is 8.15. The molecule has 0 radical (unpaired) electrons. The first-order chi connectivity index (χ1) is 13.3. The van der Waals surface area contributed by atoms with Gasteiger partial charge in [0, 0.05) is 52.0 Å². The van der Waals surface area contributed by atoms with E-state index in [1.165, 1.54) is 5.69 Å². The number of amides is 1. The van der Waals surface area contributed by atoms with Gasteiger partial charge in [0.2, 0.25) is 0 Å². The van der Waals surface area contributed by atoms with E-state index in [1.54, 1.807) is 14.2 Å². The number of guanidine groups is 1. The van der Waals surface area contributed by atoms with Crippen LogP contribution in [0.4, 0.5) is 10.5 Å². The standard InChI is InChI=1S/C20H33N5O3/c1-20(2,3)28-19(26)23-11-10-22-18(21-4)25-14-12-24(13-15-25)16-6-8-17(27-5)9-7-16/h6-9H,10-15H2,1-5H3,(H,21,22)(H,23,26). The number of methoxy groups -OCH3 is 1. The highest BCUT2D eigenvalue weighted by Gasteiger charge is 2.20. The van der Waals surface area contributed by atoms with Gasteiger partial charge in [-0.2, -0.15) is 0 Å². The second kappa shape index (κ2) is 10.1. The highest BCUT2D eigenvalue weighted by atomic mass is 16.6. The molecule has 2 rings (SSSR count). The van der Waals surface area contributed by atoms with Crippen LogP contribution in [0, 0.1) is 0 Å². The molecule has 1 aromatic carbocycles. The molecule has 1 amide bonds. The Morgan fingerprint density at radius 1 is 1.07 bits per heavy atom.